The van der Waals surface area contributed by atoms with Gasteiger partial charge in [0.2, 0.25) is 0 Å². The van der Waals surface area contributed by atoms with Crippen molar-refractivity contribution in [2.45, 2.75) is 63.5 Å². The number of nitrogens with zero attached hydrogens (tertiary/aromatic N) is 1. The van der Waals surface area contributed by atoms with Gasteiger partial charge in [0.15, 0.2) is 0 Å². The van der Waals surface area contributed by atoms with E-state index in [0.29, 0.717) is 26.1 Å². The number of rotatable bonds is 2. The van der Waals surface area contributed by atoms with Crippen molar-refractivity contribution in [2.24, 2.45) is 11.7 Å². The average molecular weight is 294 g/mol. The van der Waals surface area contributed by atoms with Crippen molar-refractivity contribution in [3.63, 3.8) is 0 Å². The highest BCUT2D eigenvalue weighted by molar-refractivity contribution is 4.99. The Morgan fingerprint density at radius 3 is 2.35 bits per heavy atom. The van der Waals surface area contributed by atoms with E-state index in [1.807, 2.05) is 13.8 Å². The van der Waals surface area contributed by atoms with Gasteiger partial charge in [-0.1, -0.05) is 6.42 Å². The third-order valence-electron chi connectivity index (χ3n) is 4.75. The van der Waals surface area contributed by atoms with Gasteiger partial charge in [0.1, 0.15) is 0 Å². The zero-order valence-electron chi connectivity index (χ0n) is 12.2. The van der Waals surface area contributed by atoms with Gasteiger partial charge in [0.25, 0.3) is 0 Å². The summed E-state index contributed by atoms with van der Waals surface area (Å²) < 4.78 is 44.9. The summed E-state index contributed by atoms with van der Waals surface area (Å²) in [6.07, 6.45) is -2.28. The second-order valence-corrected chi connectivity index (χ2v) is 6.43. The molecule has 0 amide bonds. The Labute approximate surface area is 118 Å². The number of hydrogen-bond donors (Lipinski definition) is 1. The van der Waals surface area contributed by atoms with Crippen LogP contribution in [0.4, 0.5) is 13.2 Å². The maximum Gasteiger partial charge on any atom is 0.391 e. The molecule has 2 aliphatic rings. The van der Waals surface area contributed by atoms with Crippen molar-refractivity contribution in [1.29, 1.82) is 0 Å². The third-order valence-corrected chi connectivity index (χ3v) is 4.75. The summed E-state index contributed by atoms with van der Waals surface area (Å²) in [5, 5.41) is 0. The Morgan fingerprint density at radius 1 is 1.25 bits per heavy atom. The quantitative estimate of drug-likeness (QED) is 0.850. The Hall–Kier alpha value is -0.330. The first kappa shape index (κ1) is 16.0. The second kappa shape index (κ2) is 5.81. The van der Waals surface area contributed by atoms with Crippen LogP contribution in [0.2, 0.25) is 0 Å². The molecule has 0 radical (unpaired) electrons. The molecule has 1 heterocycles. The third kappa shape index (κ3) is 3.28. The summed E-state index contributed by atoms with van der Waals surface area (Å²) in [5.74, 6) is -1.21. The van der Waals surface area contributed by atoms with Crippen molar-refractivity contribution in [3.8, 4) is 0 Å². The molecule has 2 N–H and O–H groups in total. The van der Waals surface area contributed by atoms with Crippen LogP contribution < -0.4 is 5.73 Å². The van der Waals surface area contributed by atoms with Crippen LogP contribution in [0.25, 0.3) is 0 Å². The summed E-state index contributed by atoms with van der Waals surface area (Å²) >= 11 is 0. The number of ether oxygens (including phenoxy) is 1. The van der Waals surface area contributed by atoms with Crippen molar-refractivity contribution >= 4 is 0 Å². The van der Waals surface area contributed by atoms with Crippen LogP contribution in [-0.4, -0.2) is 48.5 Å². The Bertz CT molecular complexity index is 327. The zero-order valence-corrected chi connectivity index (χ0v) is 12.2. The number of hydrogen-bond acceptors (Lipinski definition) is 3. The molecule has 118 valence electrons. The van der Waals surface area contributed by atoms with Crippen molar-refractivity contribution in [1.82, 2.24) is 4.90 Å². The second-order valence-electron chi connectivity index (χ2n) is 6.43. The van der Waals surface area contributed by atoms with Crippen LogP contribution in [-0.2, 0) is 4.74 Å². The lowest BCUT2D eigenvalue weighted by Gasteiger charge is -2.51. The maximum absolute atomic E-state index is 13.1. The number of nitrogens with two attached hydrogens (primary N) is 1. The zero-order chi connectivity index (χ0) is 15.0. The van der Waals surface area contributed by atoms with Crippen LogP contribution in [0, 0.1) is 5.92 Å². The van der Waals surface area contributed by atoms with Gasteiger partial charge in [-0.15, -0.1) is 0 Å². The molecule has 0 aromatic rings. The molecule has 4 atom stereocenters. The fourth-order valence-corrected chi connectivity index (χ4v) is 3.79. The van der Waals surface area contributed by atoms with E-state index in [-0.39, 0.29) is 25.0 Å². The number of alkyl halides is 3. The predicted octanol–water partition coefficient (Wildman–Crippen LogP) is 2.55. The number of morpholine rings is 1. The summed E-state index contributed by atoms with van der Waals surface area (Å²) in [6, 6.07) is 0. The van der Waals surface area contributed by atoms with E-state index in [1.54, 1.807) is 0 Å². The van der Waals surface area contributed by atoms with E-state index in [4.69, 9.17) is 10.5 Å². The first-order chi connectivity index (χ1) is 9.27. The van der Waals surface area contributed by atoms with Crippen LogP contribution >= 0.6 is 0 Å². The molecule has 20 heavy (non-hydrogen) atoms. The summed E-state index contributed by atoms with van der Waals surface area (Å²) in [4.78, 5) is 2.16. The fourth-order valence-electron chi connectivity index (χ4n) is 3.79. The lowest BCUT2D eigenvalue weighted by atomic mass is 9.73. The largest absolute Gasteiger partial charge is 0.391 e. The molecular formula is C14H25F3N2O. The Morgan fingerprint density at radius 2 is 1.85 bits per heavy atom. The van der Waals surface area contributed by atoms with Crippen molar-refractivity contribution in [2.75, 3.05) is 19.6 Å². The van der Waals surface area contributed by atoms with Crippen LogP contribution in [0.1, 0.15) is 39.5 Å². The van der Waals surface area contributed by atoms with Crippen LogP contribution in [0.3, 0.4) is 0 Å². The first-order valence-electron chi connectivity index (χ1n) is 7.44. The topological polar surface area (TPSA) is 38.5 Å². The van der Waals surface area contributed by atoms with Gasteiger partial charge in [0.05, 0.1) is 18.1 Å². The van der Waals surface area contributed by atoms with Gasteiger partial charge in [-0.2, -0.15) is 13.2 Å². The molecule has 1 saturated heterocycles. The predicted molar refractivity (Wildman–Crippen MR) is 71.4 cm³/mol. The van der Waals surface area contributed by atoms with Crippen molar-refractivity contribution in [3.05, 3.63) is 0 Å². The van der Waals surface area contributed by atoms with E-state index in [0.717, 1.165) is 6.42 Å². The highest BCUT2D eigenvalue weighted by atomic mass is 19.4. The molecule has 0 aromatic carbocycles. The monoisotopic (exact) mass is 294 g/mol. The molecule has 0 bridgehead atoms. The normalized spacial score (nSPS) is 40.8. The Balaban J connectivity index is 2.15. The van der Waals surface area contributed by atoms with Gasteiger partial charge in [-0.05, 0) is 33.1 Å². The molecule has 6 heteroatoms. The van der Waals surface area contributed by atoms with Gasteiger partial charge in [-0.3, -0.25) is 4.90 Å². The standard InChI is InChI=1S/C14H25F3N2O/c1-10-7-19(8-11(2)20-10)13(9-18)5-3-4-12(6-13)14(15,16)17/h10-12H,3-9,18H2,1-2H3/t10-,11+,12?,13?. The minimum absolute atomic E-state index is 0.0495. The molecule has 0 spiro atoms. The minimum atomic E-state index is -4.11. The molecular weight excluding hydrogens is 269 g/mol. The molecule has 2 rings (SSSR count). The molecule has 1 aliphatic heterocycles. The average Bonchev–Trinajstić information content (AvgIpc) is 2.36. The number of halogens is 3. The van der Waals surface area contributed by atoms with Gasteiger partial charge >= 0.3 is 6.18 Å². The molecule has 3 nitrogen and oxygen atoms in total. The van der Waals surface area contributed by atoms with Crippen LogP contribution in [0.15, 0.2) is 0 Å². The van der Waals surface area contributed by atoms with E-state index in [2.05, 4.69) is 4.90 Å². The SMILES string of the molecule is C[C@@H]1CN(C2(CN)CCCC(C(F)(F)F)C2)C[C@H](C)O1. The van der Waals surface area contributed by atoms with E-state index < -0.39 is 17.6 Å². The van der Waals surface area contributed by atoms with E-state index >= 15 is 0 Å². The van der Waals surface area contributed by atoms with Crippen LogP contribution in [0.5, 0.6) is 0 Å². The lowest BCUT2D eigenvalue weighted by molar-refractivity contribution is -0.199. The molecule has 2 fully saturated rings. The Kier molecular flexibility index (Phi) is 4.66. The summed E-state index contributed by atoms with van der Waals surface area (Å²) in [6.45, 7) is 5.57. The van der Waals surface area contributed by atoms with Gasteiger partial charge in [0, 0.05) is 25.2 Å². The molecule has 2 unspecified atom stereocenters. The highest BCUT2D eigenvalue weighted by Gasteiger charge is 2.50. The lowest BCUT2D eigenvalue weighted by Crippen LogP contribution is -2.62. The van der Waals surface area contributed by atoms with Gasteiger partial charge < -0.3 is 10.5 Å². The highest BCUT2D eigenvalue weighted by Crippen LogP contribution is 2.44. The summed E-state index contributed by atoms with van der Waals surface area (Å²) in [7, 11) is 0. The minimum Gasteiger partial charge on any atom is -0.373 e. The summed E-state index contributed by atoms with van der Waals surface area (Å²) in [5.41, 5.74) is 5.41. The maximum atomic E-state index is 13.1. The fraction of sp³-hybridized carbons (Fsp3) is 1.00. The van der Waals surface area contributed by atoms with E-state index in [1.165, 1.54) is 0 Å². The molecule has 1 saturated carbocycles. The molecule has 0 aromatic heterocycles. The smallest absolute Gasteiger partial charge is 0.373 e. The molecule has 1 aliphatic carbocycles. The van der Waals surface area contributed by atoms with E-state index in [9.17, 15) is 13.2 Å². The van der Waals surface area contributed by atoms with Crippen molar-refractivity contribution < 1.29 is 17.9 Å². The first-order valence-corrected chi connectivity index (χ1v) is 7.44. The van der Waals surface area contributed by atoms with Gasteiger partial charge in [-0.25, -0.2) is 0 Å².